The molecule has 1 aromatic rings. The third kappa shape index (κ3) is 2.42. The molecular weight excluding hydrogens is 252 g/mol. The molecule has 0 spiro atoms. The minimum Gasteiger partial charge on any atom is -0.349 e. The summed E-state index contributed by atoms with van der Waals surface area (Å²) in [6, 6.07) is 6.02. The number of fused-ring (bicyclic) bond motifs is 1. The van der Waals surface area contributed by atoms with E-state index in [0.29, 0.717) is 11.6 Å². The normalized spacial score (nSPS) is 18.1. The molecule has 1 heterocycles. The van der Waals surface area contributed by atoms with E-state index in [4.69, 9.17) is 0 Å². The average molecular weight is 272 g/mol. The minimum absolute atomic E-state index is 0.0184. The van der Waals surface area contributed by atoms with Gasteiger partial charge in [-0.25, -0.2) is 0 Å². The number of carbonyl (C=O) groups excluding carboxylic acids is 2. The molecule has 0 saturated heterocycles. The van der Waals surface area contributed by atoms with E-state index in [1.165, 1.54) is 12.8 Å². The van der Waals surface area contributed by atoms with Crippen LogP contribution in [-0.4, -0.2) is 24.4 Å². The Kier molecular flexibility index (Phi) is 3.47. The predicted molar refractivity (Wildman–Crippen MR) is 77.9 cm³/mol. The van der Waals surface area contributed by atoms with Crippen molar-refractivity contribution in [3.8, 4) is 0 Å². The number of rotatable bonds is 2. The van der Waals surface area contributed by atoms with Crippen molar-refractivity contribution in [3.63, 3.8) is 0 Å². The van der Waals surface area contributed by atoms with Crippen LogP contribution in [-0.2, 0) is 11.2 Å². The van der Waals surface area contributed by atoms with Gasteiger partial charge in [0.2, 0.25) is 5.91 Å². The standard InChI is InChI=1S/C16H20N2O2/c1-11(19)18-9-8-12-6-7-13(10-15(12)18)16(20)17-14-4-2-3-5-14/h6-7,10,14H,2-5,8-9H2,1H3,(H,17,20). The number of anilines is 1. The summed E-state index contributed by atoms with van der Waals surface area (Å²) in [4.78, 5) is 25.6. The Morgan fingerprint density at radius 1 is 1.25 bits per heavy atom. The molecule has 1 fully saturated rings. The number of hydrogen-bond acceptors (Lipinski definition) is 2. The number of nitrogens with zero attached hydrogens (tertiary/aromatic N) is 1. The van der Waals surface area contributed by atoms with Crippen LogP contribution < -0.4 is 10.2 Å². The summed E-state index contributed by atoms with van der Waals surface area (Å²) in [6.45, 7) is 2.29. The van der Waals surface area contributed by atoms with Gasteiger partial charge in [-0.2, -0.15) is 0 Å². The van der Waals surface area contributed by atoms with Gasteiger partial charge in [0, 0.05) is 30.8 Å². The van der Waals surface area contributed by atoms with Crippen molar-refractivity contribution < 1.29 is 9.59 Å². The van der Waals surface area contributed by atoms with Crippen molar-refractivity contribution in [2.45, 2.75) is 45.1 Å². The van der Waals surface area contributed by atoms with Crippen molar-refractivity contribution >= 4 is 17.5 Å². The Hall–Kier alpha value is -1.84. The molecule has 1 saturated carbocycles. The van der Waals surface area contributed by atoms with E-state index in [1.54, 1.807) is 11.8 Å². The average Bonchev–Trinajstić information content (AvgIpc) is 3.06. The van der Waals surface area contributed by atoms with Gasteiger partial charge in [0.1, 0.15) is 0 Å². The highest BCUT2D eigenvalue weighted by molar-refractivity contribution is 5.99. The molecule has 3 rings (SSSR count). The summed E-state index contributed by atoms with van der Waals surface area (Å²) in [5.74, 6) is 0.0206. The molecule has 1 aliphatic heterocycles. The van der Waals surface area contributed by atoms with E-state index in [2.05, 4.69) is 5.32 Å². The SMILES string of the molecule is CC(=O)N1CCc2ccc(C(=O)NC3CCCC3)cc21. The molecule has 0 radical (unpaired) electrons. The fraction of sp³-hybridized carbons (Fsp3) is 0.500. The van der Waals surface area contributed by atoms with Gasteiger partial charge in [-0.15, -0.1) is 0 Å². The van der Waals surface area contributed by atoms with Crippen LogP contribution in [0.5, 0.6) is 0 Å². The molecule has 2 aliphatic rings. The summed E-state index contributed by atoms with van der Waals surface area (Å²) in [5, 5.41) is 3.09. The van der Waals surface area contributed by atoms with Crippen molar-refractivity contribution in [1.29, 1.82) is 0 Å². The number of carbonyl (C=O) groups is 2. The molecule has 0 atom stereocenters. The molecule has 0 aromatic heterocycles. The fourth-order valence-corrected chi connectivity index (χ4v) is 3.19. The summed E-state index contributed by atoms with van der Waals surface area (Å²) in [7, 11) is 0. The molecule has 1 N–H and O–H groups in total. The second-order valence-electron chi connectivity index (χ2n) is 5.72. The third-order valence-corrected chi connectivity index (χ3v) is 4.31. The summed E-state index contributed by atoms with van der Waals surface area (Å²) in [5.41, 5.74) is 2.71. The van der Waals surface area contributed by atoms with Gasteiger partial charge in [-0.1, -0.05) is 18.9 Å². The second kappa shape index (κ2) is 5.27. The first-order chi connectivity index (χ1) is 9.65. The lowest BCUT2D eigenvalue weighted by Gasteiger charge is -2.16. The van der Waals surface area contributed by atoms with Crippen LogP contribution in [0.25, 0.3) is 0 Å². The fourth-order valence-electron chi connectivity index (χ4n) is 3.19. The highest BCUT2D eigenvalue weighted by Crippen LogP contribution is 2.29. The van der Waals surface area contributed by atoms with E-state index in [9.17, 15) is 9.59 Å². The molecule has 1 aliphatic carbocycles. The van der Waals surface area contributed by atoms with Gasteiger partial charge < -0.3 is 10.2 Å². The zero-order valence-corrected chi connectivity index (χ0v) is 11.8. The van der Waals surface area contributed by atoms with Crippen molar-refractivity contribution in [1.82, 2.24) is 5.32 Å². The van der Waals surface area contributed by atoms with Crippen LogP contribution in [0.3, 0.4) is 0 Å². The van der Waals surface area contributed by atoms with Crippen molar-refractivity contribution in [3.05, 3.63) is 29.3 Å². The van der Waals surface area contributed by atoms with Crippen LogP contribution in [0.2, 0.25) is 0 Å². The Morgan fingerprint density at radius 2 is 2.00 bits per heavy atom. The van der Waals surface area contributed by atoms with Gasteiger partial charge in [0.05, 0.1) is 0 Å². The van der Waals surface area contributed by atoms with Crippen molar-refractivity contribution in [2.24, 2.45) is 0 Å². The number of benzene rings is 1. The van der Waals surface area contributed by atoms with Gasteiger partial charge >= 0.3 is 0 Å². The lowest BCUT2D eigenvalue weighted by molar-refractivity contribution is -0.116. The molecule has 106 valence electrons. The van der Waals surface area contributed by atoms with Crippen molar-refractivity contribution in [2.75, 3.05) is 11.4 Å². The number of amides is 2. The Balaban J connectivity index is 1.79. The quantitative estimate of drug-likeness (QED) is 0.898. The van der Waals surface area contributed by atoms with E-state index in [0.717, 1.165) is 37.1 Å². The molecule has 4 nitrogen and oxygen atoms in total. The number of hydrogen-bond donors (Lipinski definition) is 1. The summed E-state index contributed by atoms with van der Waals surface area (Å²) >= 11 is 0. The first-order valence-corrected chi connectivity index (χ1v) is 7.37. The van der Waals surface area contributed by atoms with Gasteiger partial charge in [-0.3, -0.25) is 9.59 Å². The maximum atomic E-state index is 12.3. The molecule has 20 heavy (non-hydrogen) atoms. The summed E-state index contributed by atoms with van der Waals surface area (Å²) in [6.07, 6.45) is 5.44. The molecule has 4 heteroatoms. The maximum absolute atomic E-state index is 12.3. The second-order valence-corrected chi connectivity index (χ2v) is 5.72. The lowest BCUT2D eigenvalue weighted by Crippen LogP contribution is -2.32. The van der Waals surface area contributed by atoms with Crippen LogP contribution in [0.1, 0.15) is 48.5 Å². The van der Waals surface area contributed by atoms with E-state index < -0.39 is 0 Å². The van der Waals surface area contributed by atoms with E-state index >= 15 is 0 Å². The monoisotopic (exact) mass is 272 g/mol. The zero-order chi connectivity index (χ0) is 14.1. The smallest absolute Gasteiger partial charge is 0.251 e. The molecule has 2 amide bonds. The largest absolute Gasteiger partial charge is 0.349 e. The third-order valence-electron chi connectivity index (χ3n) is 4.31. The Labute approximate surface area is 119 Å². The first-order valence-electron chi connectivity index (χ1n) is 7.37. The Morgan fingerprint density at radius 3 is 2.70 bits per heavy atom. The van der Waals surface area contributed by atoms with E-state index in [-0.39, 0.29) is 11.8 Å². The highest BCUT2D eigenvalue weighted by Gasteiger charge is 2.24. The maximum Gasteiger partial charge on any atom is 0.251 e. The number of nitrogens with one attached hydrogen (secondary N) is 1. The molecule has 1 aromatic carbocycles. The molecule has 0 unspecified atom stereocenters. The van der Waals surface area contributed by atoms with Crippen LogP contribution in [0.15, 0.2) is 18.2 Å². The Bertz CT molecular complexity index is 547. The van der Waals surface area contributed by atoms with Gasteiger partial charge in [0.25, 0.3) is 5.91 Å². The van der Waals surface area contributed by atoms with E-state index in [1.807, 2.05) is 18.2 Å². The first kappa shape index (κ1) is 13.2. The summed E-state index contributed by atoms with van der Waals surface area (Å²) < 4.78 is 0. The topological polar surface area (TPSA) is 49.4 Å². The highest BCUT2D eigenvalue weighted by atomic mass is 16.2. The lowest BCUT2D eigenvalue weighted by atomic mass is 10.1. The van der Waals surface area contributed by atoms with Crippen LogP contribution >= 0.6 is 0 Å². The molecule has 0 bridgehead atoms. The van der Waals surface area contributed by atoms with Crippen LogP contribution in [0, 0.1) is 0 Å². The minimum atomic E-state index is -0.0184. The van der Waals surface area contributed by atoms with Gasteiger partial charge in [0.15, 0.2) is 0 Å². The predicted octanol–water partition coefficient (Wildman–Crippen LogP) is 2.27. The molecular formula is C16H20N2O2. The van der Waals surface area contributed by atoms with Gasteiger partial charge in [-0.05, 0) is 37.0 Å². The zero-order valence-electron chi connectivity index (χ0n) is 11.8. The van der Waals surface area contributed by atoms with Crippen LogP contribution in [0.4, 0.5) is 5.69 Å².